The first kappa shape index (κ1) is 34.7. The molecule has 0 heterocycles. The minimum absolute atomic E-state index is 0.0404. The second kappa shape index (κ2) is 12.3. The van der Waals surface area contributed by atoms with Crippen LogP contribution in [0.25, 0.3) is 28.3 Å². The topological polar surface area (TPSA) is 0 Å². The van der Waals surface area contributed by atoms with Crippen molar-refractivity contribution in [2.75, 3.05) is 0 Å². The summed E-state index contributed by atoms with van der Waals surface area (Å²) in [6.45, 7) is 13.7. The first-order valence-corrected chi connectivity index (χ1v) is 17.9. The molecular weight excluding hydrogens is 705 g/mol. The van der Waals surface area contributed by atoms with Gasteiger partial charge in [0.25, 0.3) is 0 Å². The Kier molecular flexibility index (Phi) is 9.09. The van der Waals surface area contributed by atoms with E-state index >= 15 is 0 Å². The van der Waals surface area contributed by atoms with Gasteiger partial charge in [0.15, 0.2) is 0 Å². The maximum absolute atomic E-state index is 6.29. The summed E-state index contributed by atoms with van der Waals surface area (Å²) >= 11 is 37.7. The van der Waals surface area contributed by atoms with E-state index in [-0.39, 0.29) is 10.8 Å². The Labute approximate surface area is 308 Å². The van der Waals surface area contributed by atoms with Crippen LogP contribution in [0.5, 0.6) is 0 Å². The van der Waals surface area contributed by atoms with Crippen molar-refractivity contribution in [3.8, 4) is 11.1 Å². The molecule has 0 fully saturated rings. The molecule has 0 spiro atoms. The maximum Gasteiger partial charge on any atom is 0.216 e. The molecule has 0 N–H and O–H groups in total. The number of fused-ring (bicyclic) bond motifs is 3. The van der Waals surface area contributed by atoms with Gasteiger partial charge in [-0.3, -0.25) is 0 Å². The molecule has 6 rings (SSSR count). The highest BCUT2D eigenvalue weighted by molar-refractivity contribution is 6.67. The lowest BCUT2D eigenvalue weighted by Gasteiger charge is -2.28. The maximum atomic E-state index is 6.29. The molecule has 0 saturated heterocycles. The van der Waals surface area contributed by atoms with E-state index in [1.54, 1.807) is 0 Å². The second-order valence-electron chi connectivity index (χ2n) is 14.4. The summed E-state index contributed by atoms with van der Waals surface area (Å²) < 4.78 is -3.06. The van der Waals surface area contributed by atoms with E-state index in [2.05, 4.69) is 90.1 Å². The van der Waals surface area contributed by atoms with Crippen LogP contribution in [0.3, 0.4) is 0 Å². The summed E-state index contributed by atoms with van der Waals surface area (Å²) in [5.74, 6) is 0. The fraction of sp³-hybridized carbons (Fsp3) is 0.268. The van der Waals surface area contributed by atoms with Crippen molar-refractivity contribution in [2.24, 2.45) is 0 Å². The number of alkyl halides is 6. The average molecular weight is 741 g/mol. The van der Waals surface area contributed by atoms with Gasteiger partial charge in [0, 0.05) is 11.1 Å². The Balaban J connectivity index is 1.78. The van der Waals surface area contributed by atoms with Crippen LogP contribution in [0.2, 0.25) is 0 Å². The highest BCUT2D eigenvalue weighted by Gasteiger charge is 2.30. The molecule has 0 unspecified atom stereocenters. The molecule has 0 bridgehead atoms. The zero-order chi connectivity index (χ0) is 34.1. The van der Waals surface area contributed by atoms with E-state index in [1.165, 1.54) is 44.2 Å². The minimum atomic E-state index is -1.53. The van der Waals surface area contributed by atoms with Crippen LogP contribution in [-0.2, 0) is 18.4 Å². The molecule has 0 radical (unpaired) electrons. The van der Waals surface area contributed by atoms with Gasteiger partial charge in [0.05, 0.1) is 0 Å². The van der Waals surface area contributed by atoms with Crippen LogP contribution in [-0.4, -0.2) is 0 Å². The number of benzene rings is 4. The molecule has 242 valence electrons. The van der Waals surface area contributed by atoms with Gasteiger partial charge in [-0.2, -0.15) is 0 Å². The van der Waals surface area contributed by atoms with Crippen molar-refractivity contribution in [3.05, 3.63) is 146 Å². The Bertz CT molecular complexity index is 1990. The van der Waals surface area contributed by atoms with Crippen molar-refractivity contribution < 1.29 is 0 Å². The van der Waals surface area contributed by atoms with Crippen LogP contribution in [0.4, 0.5) is 0 Å². The Morgan fingerprint density at radius 2 is 1.13 bits per heavy atom. The van der Waals surface area contributed by atoms with Gasteiger partial charge in [0.1, 0.15) is 0 Å². The quantitative estimate of drug-likeness (QED) is 0.162. The molecule has 6 heteroatoms. The van der Waals surface area contributed by atoms with Gasteiger partial charge in [-0.1, -0.05) is 196 Å². The molecule has 0 nitrogen and oxygen atoms in total. The predicted octanol–water partition coefficient (Wildman–Crippen LogP) is 12.3. The summed E-state index contributed by atoms with van der Waals surface area (Å²) in [7, 11) is 0. The lowest BCUT2D eigenvalue weighted by Crippen LogP contribution is -2.32. The highest BCUT2D eigenvalue weighted by Crippen LogP contribution is 2.41. The molecule has 4 aromatic carbocycles. The molecule has 0 amide bonds. The third kappa shape index (κ3) is 6.85. The first-order chi connectivity index (χ1) is 21.8. The third-order valence-electron chi connectivity index (χ3n) is 8.99. The largest absolute Gasteiger partial charge is 0.216 e. The summed E-state index contributed by atoms with van der Waals surface area (Å²) in [6.07, 6.45) is 9.92. The van der Waals surface area contributed by atoms with Crippen LogP contribution in [0, 0.1) is 0 Å². The average Bonchev–Trinajstić information content (AvgIpc) is 3.63. The molecular formula is C41H36Cl6. The predicted molar refractivity (Wildman–Crippen MR) is 207 cm³/mol. The zero-order valence-corrected chi connectivity index (χ0v) is 31.7. The summed E-state index contributed by atoms with van der Waals surface area (Å²) in [5.41, 5.74) is 13.0. The zero-order valence-electron chi connectivity index (χ0n) is 27.2. The molecule has 2 aliphatic rings. The van der Waals surface area contributed by atoms with Crippen LogP contribution in [0.15, 0.2) is 91.0 Å². The van der Waals surface area contributed by atoms with Gasteiger partial charge >= 0.3 is 0 Å². The van der Waals surface area contributed by atoms with E-state index in [0.717, 1.165) is 28.3 Å². The molecule has 0 atom stereocenters. The van der Waals surface area contributed by atoms with Gasteiger partial charge in [-0.25, -0.2) is 0 Å². The Hall–Kier alpha value is -2.16. The molecule has 4 aromatic rings. The number of hydrogen-bond acceptors (Lipinski definition) is 0. The second-order valence-corrected chi connectivity index (χ2v) is 19.0. The molecule has 0 saturated carbocycles. The van der Waals surface area contributed by atoms with Crippen molar-refractivity contribution in [2.45, 2.75) is 66.4 Å². The summed E-state index contributed by atoms with van der Waals surface area (Å²) in [4.78, 5) is 0. The fourth-order valence-corrected chi connectivity index (χ4v) is 7.45. The van der Waals surface area contributed by atoms with Crippen LogP contribution in [0.1, 0.15) is 92.5 Å². The van der Waals surface area contributed by atoms with Crippen molar-refractivity contribution in [1.82, 2.24) is 0 Å². The SMILES string of the molecule is CC(C)(C)c1ccc2c(c1)C=c1c-2cc(=C(c2ccc(C(Cl)(Cl)Cl)cc2)c2ccc(C(Cl)(Cl)Cl)cc2)c(C(C)(C)C)c1C1=CC=CC1. The summed E-state index contributed by atoms with van der Waals surface area (Å²) in [6, 6.07) is 24.9. The molecule has 47 heavy (non-hydrogen) atoms. The Morgan fingerprint density at radius 1 is 0.596 bits per heavy atom. The standard InChI is InChI=1S/C41H36Cl6/c1-38(2,3)30-19-20-31-27(21-30)22-33-32(31)23-34(37(39(4,5)6)36(33)24-9-7-8-10-24)35(25-11-15-28(16-12-25)40(42,43)44)26-13-17-29(18-14-26)41(45,46)47/h7-9,11-23H,10H2,1-6H3. The highest BCUT2D eigenvalue weighted by atomic mass is 35.6. The van der Waals surface area contributed by atoms with Gasteiger partial charge < -0.3 is 0 Å². The molecule has 0 aliphatic heterocycles. The van der Waals surface area contributed by atoms with E-state index in [1.807, 2.05) is 48.5 Å². The summed E-state index contributed by atoms with van der Waals surface area (Å²) in [5, 5.41) is 2.41. The van der Waals surface area contributed by atoms with Gasteiger partial charge in [0.2, 0.25) is 7.59 Å². The van der Waals surface area contributed by atoms with Crippen molar-refractivity contribution in [3.63, 3.8) is 0 Å². The van der Waals surface area contributed by atoms with Crippen LogP contribution < -0.4 is 10.4 Å². The van der Waals surface area contributed by atoms with Gasteiger partial charge in [-0.05, 0) is 95.5 Å². The smallest absolute Gasteiger partial charge is 0.0801 e. The number of halogens is 6. The minimum Gasteiger partial charge on any atom is -0.0801 e. The number of allylic oxidation sites excluding steroid dienone is 4. The third-order valence-corrected chi connectivity index (χ3v) is 10.3. The van der Waals surface area contributed by atoms with E-state index in [0.29, 0.717) is 11.1 Å². The van der Waals surface area contributed by atoms with Gasteiger partial charge in [-0.15, -0.1) is 0 Å². The number of hydrogen-bond donors (Lipinski definition) is 0. The normalized spacial score (nSPS) is 14.5. The molecule has 0 aromatic heterocycles. The first-order valence-electron chi connectivity index (χ1n) is 15.6. The number of rotatable bonds is 3. The Morgan fingerprint density at radius 3 is 1.57 bits per heavy atom. The lowest BCUT2D eigenvalue weighted by atomic mass is 9.76. The van der Waals surface area contributed by atoms with Crippen molar-refractivity contribution >= 4 is 86.8 Å². The molecule has 2 aliphatic carbocycles. The fourth-order valence-electron chi connectivity index (χ4n) is 6.69. The van der Waals surface area contributed by atoms with E-state index < -0.39 is 7.59 Å². The van der Waals surface area contributed by atoms with E-state index in [9.17, 15) is 0 Å². The lowest BCUT2D eigenvalue weighted by molar-refractivity contribution is 0.583. The monoisotopic (exact) mass is 738 g/mol. The van der Waals surface area contributed by atoms with Crippen LogP contribution >= 0.6 is 69.6 Å². The van der Waals surface area contributed by atoms with E-state index in [4.69, 9.17) is 69.6 Å². The van der Waals surface area contributed by atoms with Crippen molar-refractivity contribution in [1.29, 1.82) is 0 Å².